The fourth-order valence-corrected chi connectivity index (χ4v) is 2.30. The molecule has 116 valence electrons. The fraction of sp³-hybridized carbons (Fsp3) is 0.529. The first kappa shape index (κ1) is 17.2. The number of amides is 2. The van der Waals surface area contributed by atoms with Crippen LogP contribution in [0.25, 0.3) is 0 Å². The minimum Gasteiger partial charge on any atom is -0.330 e. The molecule has 0 aromatic heterocycles. The summed E-state index contributed by atoms with van der Waals surface area (Å²) in [6.07, 6.45) is 0. The van der Waals surface area contributed by atoms with E-state index in [4.69, 9.17) is 0 Å². The molecule has 0 N–H and O–H groups in total. The molecule has 0 spiro atoms. The number of nitrogens with zero attached hydrogens (tertiary/aromatic N) is 2. The first-order valence-electron chi connectivity index (χ1n) is 7.46. The first-order chi connectivity index (χ1) is 9.81. The van der Waals surface area contributed by atoms with E-state index in [2.05, 4.69) is 0 Å². The summed E-state index contributed by atoms with van der Waals surface area (Å²) in [4.78, 5) is 28.1. The SMILES string of the molecule is CCN(Cc1ccccc1)C(=O)C(=O)N(CC)C(C)(C)C. The van der Waals surface area contributed by atoms with Gasteiger partial charge in [-0.15, -0.1) is 0 Å². The van der Waals surface area contributed by atoms with Crippen LogP contribution in [0.15, 0.2) is 30.3 Å². The molecule has 2 amide bonds. The molecule has 0 radical (unpaired) electrons. The van der Waals surface area contributed by atoms with E-state index in [-0.39, 0.29) is 5.54 Å². The Balaban J connectivity index is 2.85. The van der Waals surface area contributed by atoms with Gasteiger partial charge in [0.25, 0.3) is 0 Å². The Morgan fingerprint density at radius 2 is 1.52 bits per heavy atom. The van der Waals surface area contributed by atoms with Crippen LogP contribution in [0.3, 0.4) is 0 Å². The maximum absolute atomic E-state index is 12.5. The molecule has 21 heavy (non-hydrogen) atoms. The smallest absolute Gasteiger partial charge is 0.312 e. The molecule has 0 aliphatic carbocycles. The van der Waals surface area contributed by atoms with E-state index < -0.39 is 11.8 Å². The van der Waals surface area contributed by atoms with Crippen molar-refractivity contribution >= 4 is 11.8 Å². The topological polar surface area (TPSA) is 40.6 Å². The quantitative estimate of drug-likeness (QED) is 0.800. The zero-order valence-electron chi connectivity index (χ0n) is 13.7. The Labute approximate surface area is 127 Å². The number of hydrogen-bond acceptors (Lipinski definition) is 2. The summed E-state index contributed by atoms with van der Waals surface area (Å²) in [5.41, 5.74) is 0.674. The van der Waals surface area contributed by atoms with Gasteiger partial charge in [0.1, 0.15) is 0 Å². The predicted octanol–water partition coefficient (Wildman–Crippen LogP) is 2.68. The number of hydrogen-bond donors (Lipinski definition) is 0. The van der Waals surface area contributed by atoms with Crippen LogP contribution >= 0.6 is 0 Å². The third kappa shape index (κ3) is 4.59. The lowest BCUT2D eigenvalue weighted by Gasteiger charge is -2.35. The van der Waals surface area contributed by atoms with Crippen molar-refractivity contribution in [2.24, 2.45) is 0 Å². The minimum absolute atomic E-state index is 0.354. The van der Waals surface area contributed by atoms with Crippen LogP contribution in [0, 0.1) is 0 Å². The lowest BCUT2D eigenvalue weighted by Crippen LogP contribution is -2.52. The summed E-state index contributed by atoms with van der Waals surface area (Å²) in [6.45, 7) is 11.1. The van der Waals surface area contributed by atoms with Crippen molar-refractivity contribution in [1.82, 2.24) is 9.80 Å². The second-order valence-corrected chi connectivity index (χ2v) is 6.03. The van der Waals surface area contributed by atoms with Crippen molar-refractivity contribution in [2.75, 3.05) is 13.1 Å². The fourth-order valence-electron chi connectivity index (χ4n) is 2.30. The molecule has 0 aliphatic rings. The Bertz CT molecular complexity index is 477. The van der Waals surface area contributed by atoms with Crippen LogP contribution < -0.4 is 0 Å². The normalized spacial score (nSPS) is 11.1. The third-order valence-electron chi connectivity index (χ3n) is 3.44. The van der Waals surface area contributed by atoms with Gasteiger partial charge in [-0.2, -0.15) is 0 Å². The average Bonchev–Trinajstić information content (AvgIpc) is 2.44. The van der Waals surface area contributed by atoms with Crippen LogP contribution in [-0.2, 0) is 16.1 Å². The molecular weight excluding hydrogens is 264 g/mol. The summed E-state index contributed by atoms with van der Waals surface area (Å²) in [6, 6.07) is 9.72. The first-order valence-corrected chi connectivity index (χ1v) is 7.46. The van der Waals surface area contributed by atoms with E-state index in [1.807, 2.05) is 65.0 Å². The maximum atomic E-state index is 12.5. The third-order valence-corrected chi connectivity index (χ3v) is 3.44. The van der Waals surface area contributed by atoms with Crippen LogP contribution in [0.5, 0.6) is 0 Å². The van der Waals surface area contributed by atoms with E-state index in [1.165, 1.54) is 0 Å². The van der Waals surface area contributed by atoms with Crippen molar-refractivity contribution in [1.29, 1.82) is 0 Å². The van der Waals surface area contributed by atoms with Crippen molar-refractivity contribution in [3.8, 4) is 0 Å². The van der Waals surface area contributed by atoms with Gasteiger partial charge in [0.15, 0.2) is 0 Å². The van der Waals surface area contributed by atoms with Crippen molar-refractivity contribution in [3.63, 3.8) is 0 Å². The van der Waals surface area contributed by atoms with E-state index in [0.29, 0.717) is 19.6 Å². The van der Waals surface area contributed by atoms with E-state index in [1.54, 1.807) is 9.80 Å². The van der Waals surface area contributed by atoms with Gasteiger partial charge in [-0.3, -0.25) is 9.59 Å². The minimum atomic E-state index is -0.432. The number of rotatable bonds is 4. The second kappa shape index (κ2) is 7.25. The highest BCUT2D eigenvalue weighted by Gasteiger charge is 2.32. The molecule has 1 aromatic rings. The Morgan fingerprint density at radius 3 is 1.95 bits per heavy atom. The van der Waals surface area contributed by atoms with E-state index >= 15 is 0 Å². The molecule has 0 atom stereocenters. The summed E-state index contributed by atoms with van der Waals surface area (Å²) < 4.78 is 0. The summed E-state index contributed by atoms with van der Waals surface area (Å²) in [7, 11) is 0. The Kier molecular flexibility index (Phi) is 5.94. The molecule has 4 nitrogen and oxygen atoms in total. The van der Waals surface area contributed by atoms with Gasteiger partial charge in [-0.25, -0.2) is 0 Å². The Morgan fingerprint density at radius 1 is 0.952 bits per heavy atom. The highest BCUT2D eigenvalue weighted by molar-refractivity contribution is 6.35. The highest BCUT2D eigenvalue weighted by Crippen LogP contribution is 2.14. The molecule has 0 heterocycles. The van der Waals surface area contributed by atoms with Crippen molar-refractivity contribution in [3.05, 3.63) is 35.9 Å². The monoisotopic (exact) mass is 290 g/mol. The second-order valence-electron chi connectivity index (χ2n) is 6.03. The van der Waals surface area contributed by atoms with Gasteiger partial charge in [-0.05, 0) is 40.2 Å². The zero-order valence-corrected chi connectivity index (χ0v) is 13.7. The molecular formula is C17H26N2O2. The van der Waals surface area contributed by atoms with Crippen LogP contribution in [0.1, 0.15) is 40.2 Å². The van der Waals surface area contributed by atoms with Crippen LogP contribution in [0.2, 0.25) is 0 Å². The zero-order chi connectivity index (χ0) is 16.0. The van der Waals surface area contributed by atoms with Crippen LogP contribution in [0.4, 0.5) is 0 Å². The molecule has 0 saturated carbocycles. The van der Waals surface area contributed by atoms with Gasteiger partial charge in [0, 0.05) is 25.2 Å². The summed E-state index contributed by atoms with van der Waals surface area (Å²) in [5, 5.41) is 0. The molecule has 1 rings (SSSR count). The summed E-state index contributed by atoms with van der Waals surface area (Å²) >= 11 is 0. The largest absolute Gasteiger partial charge is 0.330 e. The maximum Gasteiger partial charge on any atom is 0.312 e. The van der Waals surface area contributed by atoms with Gasteiger partial charge < -0.3 is 9.80 Å². The lowest BCUT2D eigenvalue weighted by atomic mass is 10.1. The highest BCUT2D eigenvalue weighted by atomic mass is 16.2. The lowest BCUT2D eigenvalue weighted by molar-refractivity contribution is -0.154. The Hall–Kier alpha value is -1.84. The van der Waals surface area contributed by atoms with Crippen molar-refractivity contribution < 1.29 is 9.59 Å². The number of likely N-dealkylation sites (N-methyl/N-ethyl adjacent to an activating group) is 2. The standard InChI is InChI=1S/C17H26N2O2/c1-6-18(13-14-11-9-8-10-12-14)15(20)16(21)19(7-2)17(3,4)5/h8-12H,6-7,13H2,1-5H3. The number of carbonyl (C=O) groups is 2. The molecule has 0 unspecified atom stereocenters. The van der Waals surface area contributed by atoms with Gasteiger partial charge in [-0.1, -0.05) is 30.3 Å². The average molecular weight is 290 g/mol. The van der Waals surface area contributed by atoms with Crippen LogP contribution in [-0.4, -0.2) is 40.2 Å². The van der Waals surface area contributed by atoms with Gasteiger partial charge in [0.2, 0.25) is 0 Å². The molecule has 4 heteroatoms. The summed E-state index contributed by atoms with van der Waals surface area (Å²) in [5.74, 6) is -0.860. The number of carbonyl (C=O) groups excluding carboxylic acids is 2. The molecule has 0 saturated heterocycles. The number of benzene rings is 1. The predicted molar refractivity (Wildman–Crippen MR) is 84.7 cm³/mol. The molecule has 1 aromatic carbocycles. The van der Waals surface area contributed by atoms with Crippen molar-refractivity contribution in [2.45, 2.75) is 46.7 Å². The van der Waals surface area contributed by atoms with Gasteiger partial charge >= 0.3 is 11.8 Å². The van der Waals surface area contributed by atoms with E-state index in [9.17, 15) is 9.59 Å². The van der Waals surface area contributed by atoms with E-state index in [0.717, 1.165) is 5.56 Å². The molecule has 0 aliphatic heterocycles. The molecule has 0 bridgehead atoms. The van der Waals surface area contributed by atoms with Gasteiger partial charge in [0.05, 0.1) is 0 Å². The molecule has 0 fully saturated rings.